The van der Waals surface area contributed by atoms with Gasteiger partial charge in [-0.25, -0.2) is 4.98 Å². The van der Waals surface area contributed by atoms with Crippen LogP contribution in [0, 0.1) is 0 Å². The summed E-state index contributed by atoms with van der Waals surface area (Å²) >= 11 is 1.48. The molecule has 0 saturated heterocycles. The van der Waals surface area contributed by atoms with Crippen LogP contribution in [0.5, 0.6) is 0 Å². The highest BCUT2D eigenvalue weighted by molar-refractivity contribution is 7.99. The number of aromatic nitrogens is 1. The van der Waals surface area contributed by atoms with Gasteiger partial charge < -0.3 is 11.1 Å². The molecular formula is C26H36F3N3O2S. The number of nitrogens with two attached hydrogens (primary N) is 1. The van der Waals surface area contributed by atoms with Gasteiger partial charge >= 0.3 is 6.18 Å². The number of pyridine rings is 1. The third-order valence-electron chi connectivity index (χ3n) is 5.11. The van der Waals surface area contributed by atoms with Crippen LogP contribution in [0.4, 0.5) is 19.0 Å². The molecule has 35 heavy (non-hydrogen) atoms. The second kappa shape index (κ2) is 15.4. The van der Waals surface area contributed by atoms with Crippen molar-refractivity contribution in [1.82, 2.24) is 4.98 Å². The number of hydrogen-bond acceptors (Lipinski definition) is 5. The molecule has 0 aliphatic heterocycles. The van der Waals surface area contributed by atoms with Crippen LogP contribution >= 0.6 is 11.8 Å². The van der Waals surface area contributed by atoms with E-state index in [4.69, 9.17) is 5.73 Å². The van der Waals surface area contributed by atoms with Crippen LogP contribution in [0.2, 0.25) is 0 Å². The fourth-order valence-electron chi connectivity index (χ4n) is 3.06. The Bertz CT molecular complexity index is 919. The van der Waals surface area contributed by atoms with Gasteiger partial charge in [-0.2, -0.15) is 24.9 Å². The summed E-state index contributed by atoms with van der Waals surface area (Å²) < 4.78 is 38.2. The topological polar surface area (TPSA) is 85.1 Å². The number of carbonyl (C=O) groups is 2. The van der Waals surface area contributed by atoms with Gasteiger partial charge in [0.15, 0.2) is 5.78 Å². The fourth-order valence-corrected chi connectivity index (χ4v) is 4.10. The average molecular weight is 512 g/mol. The van der Waals surface area contributed by atoms with Crippen molar-refractivity contribution in [2.45, 2.75) is 72.0 Å². The molecule has 0 fully saturated rings. The van der Waals surface area contributed by atoms with Gasteiger partial charge in [0.05, 0.1) is 18.0 Å². The molecule has 5 nitrogen and oxygen atoms in total. The smallest absolute Gasteiger partial charge is 0.369 e. The first kappa shape index (κ1) is 30.5. The third-order valence-corrected chi connectivity index (χ3v) is 6.08. The van der Waals surface area contributed by atoms with Crippen LogP contribution in [-0.2, 0) is 15.8 Å². The Kier molecular flexibility index (Phi) is 13.5. The van der Waals surface area contributed by atoms with Gasteiger partial charge in [-0.05, 0) is 65.5 Å². The van der Waals surface area contributed by atoms with Crippen molar-refractivity contribution < 1.29 is 22.8 Å². The molecule has 0 aliphatic carbocycles. The maximum atomic E-state index is 12.7. The quantitative estimate of drug-likeness (QED) is 0.160. The SMILES string of the molecule is CC(C)=CCCC(C)=CCCC(C)=CCSCC(Nc1ccc(C(F)(F)F)cn1)C(=O)CC(N)=O. The molecule has 0 saturated carbocycles. The molecule has 194 valence electrons. The first-order valence-corrected chi connectivity index (χ1v) is 12.7. The lowest BCUT2D eigenvalue weighted by molar-refractivity contribution is -0.138. The second-order valence-electron chi connectivity index (χ2n) is 8.73. The van der Waals surface area contributed by atoms with Crippen molar-refractivity contribution in [1.29, 1.82) is 0 Å². The number of anilines is 1. The molecule has 0 radical (unpaired) electrons. The van der Waals surface area contributed by atoms with Crippen molar-refractivity contribution in [3.05, 3.63) is 58.8 Å². The van der Waals surface area contributed by atoms with Crippen LogP contribution in [0.15, 0.2) is 53.3 Å². The first-order chi connectivity index (χ1) is 16.4. The van der Waals surface area contributed by atoms with Gasteiger partial charge in [0.25, 0.3) is 0 Å². The predicted octanol–water partition coefficient (Wildman–Crippen LogP) is 6.48. The molecule has 1 aromatic rings. The number of carbonyl (C=O) groups excluding carboxylic acids is 2. The number of amides is 1. The molecule has 1 heterocycles. The molecule has 0 aliphatic rings. The lowest BCUT2D eigenvalue weighted by atomic mass is 10.1. The van der Waals surface area contributed by atoms with Crippen LogP contribution in [0.3, 0.4) is 0 Å². The highest BCUT2D eigenvalue weighted by Gasteiger charge is 2.31. The molecule has 9 heteroatoms. The zero-order chi connectivity index (χ0) is 26.4. The summed E-state index contributed by atoms with van der Waals surface area (Å²) in [6.07, 6.45) is 6.39. The van der Waals surface area contributed by atoms with Crippen LogP contribution in [0.1, 0.15) is 65.4 Å². The molecule has 3 N–H and O–H groups in total. The third kappa shape index (κ3) is 13.8. The van der Waals surface area contributed by atoms with Crippen LogP contribution in [0.25, 0.3) is 0 Å². The first-order valence-electron chi connectivity index (χ1n) is 11.5. The van der Waals surface area contributed by atoms with E-state index >= 15 is 0 Å². The number of allylic oxidation sites excluding steroid dienone is 5. The van der Waals surface area contributed by atoms with E-state index in [9.17, 15) is 22.8 Å². The minimum atomic E-state index is -4.49. The lowest BCUT2D eigenvalue weighted by Crippen LogP contribution is -2.35. The predicted molar refractivity (Wildman–Crippen MR) is 138 cm³/mol. The van der Waals surface area contributed by atoms with Gasteiger partial charge in [-0.15, -0.1) is 0 Å². The number of primary amides is 1. The van der Waals surface area contributed by atoms with Crippen molar-refractivity contribution in [2.24, 2.45) is 5.73 Å². The van der Waals surface area contributed by atoms with Gasteiger partial charge in [-0.1, -0.05) is 34.9 Å². The zero-order valence-corrected chi connectivity index (χ0v) is 21.7. The van der Waals surface area contributed by atoms with Gasteiger partial charge in [-0.3, -0.25) is 9.59 Å². The van der Waals surface area contributed by atoms with Crippen LogP contribution < -0.4 is 11.1 Å². The molecule has 1 amide bonds. The normalized spacial score (nSPS) is 13.3. The summed E-state index contributed by atoms with van der Waals surface area (Å²) in [7, 11) is 0. The van der Waals surface area contributed by atoms with E-state index in [1.165, 1.54) is 28.5 Å². The Morgan fingerprint density at radius 3 is 2.23 bits per heavy atom. The van der Waals surface area contributed by atoms with Crippen LogP contribution in [-0.4, -0.2) is 34.2 Å². The van der Waals surface area contributed by atoms with Crippen molar-refractivity contribution >= 4 is 29.3 Å². The van der Waals surface area contributed by atoms with E-state index in [0.29, 0.717) is 17.7 Å². The maximum absolute atomic E-state index is 12.7. The van der Waals surface area contributed by atoms with Crippen molar-refractivity contribution in [3.63, 3.8) is 0 Å². The Hall–Kier alpha value is -2.55. The molecule has 1 aromatic heterocycles. The molecule has 1 unspecified atom stereocenters. The average Bonchev–Trinajstić information content (AvgIpc) is 2.74. The maximum Gasteiger partial charge on any atom is 0.417 e. The molecule has 1 atom stereocenters. The van der Waals surface area contributed by atoms with E-state index in [0.717, 1.165) is 37.8 Å². The summed E-state index contributed by atoms with van der Waals surface area (Å²) in [6.45, 7) is 8.41. The zero-order valence-electron chi connectivity index (χ0n) is 20.9. The van der Waals surface area contributed by atoms with E-state index < -0.39 is 35.9 Å². The lowest BCUT2D eigenvalue weighted by Gasteiger charge is -2.17. The number of nitrogens with one attached hydrogen (secondary N) is 1. The molecule has 0 aromatic carbocycles. The molecule has 0 spiro atoms. The fraction of sp³-hybridized carbons (Fsp3) is 0.500. The highest BCUT2D eigenvalue weighted by Crippen LogP contribution is 2.29. The number of hydrogen-bond donors (Lipinski definition) is 2. The van der Waals surface area contributed by atoms with E-state index in [2.05, 4.69) is 56.2 Å². The number of halogens is 3. The van der Waals surface area contributed by atoms with E-state index in [1.807, 2.05) is 0 Å². The Morgan fingerprint density at radius 1 is 1.06 bits per heavy atom. The number of ketones is 1. The number of thioether (sulfide) groups is 1. The Morgan fingerprint density at radius 2 is 1.69 bits per heavy atom. The Labute approximate surface area is 210 Å². The molecule has 1 rings (SSSR count). The summed E-state index contributed by atoms with van der Waals surface area (Å²) in [5, 5.41) is 2.83. The monoisotopic (exact) mass is 511 g/mol. The van der Waals surface area contributed by atoms with E-state index in [-0.39, 0.29) is 5.82 Å². The number of Topliss-reactive ketones (excluding diaryl/α,β-unsaturated/α-hetero) is 1. The van der Waals surface area contributed by atoms with Gasteiger partial charge in [0.1, 0.15) is 5.82 Å². The summed E-state index contributed by atoms with van der Waals surface area (Å²) in [5.74, 6) is -0.0763. The molecule has 0 bridgehead atoms. The molecular weight excluding hydrogens is 475 g/mol. The summed E-state index contributed by atoms with van der Waals surface area (Å²) in [4.78, 5) is 27.4. The minimum Gasteiger partial charge on any atom is -0.369 e. The van der Waals surface area contributed by atoms with Gasteiger partial charge in [0.2, 0.25) is 5.91 Å². The minimum absolute atomic E-state index is 0.125. The largest absolute Gasteiger partial charge is 0.417 e. The van der Waals surface area contributed by atoms with E-state index in [1.54, 1.807) is 0 Å². The second-order valence-corrected chi connectivity index (χ2v) is 9.81. The number of rotatable bonds is 15. The van der Waals surface area contributed by atoms with Gasteiger partial charge in [0, 0.05) is 17.7 Å². The summed E-state index contributed by atoms with van der Waals surface area (Å²) in [5.41, 5.74) is 8.21. The highest BCUT2D eigenvalue weighted by atomic mass is 32.2. The Balaban J connectivity index is 2.59. The standard InChI is InChI=1S/C26H36F3N3O2S/c1-18(2)7-5-8-19(3)9-6-10-20(4)13-14-35-17-22(23(33)15-24(30)34)32-25-12-11-21(16-31-25)26(27,28)29/h7,9,11-13,16,22H,5-6,8,10,14-15,17H2,1-4H3,(H2,30,34)(H,31,32). The van der Waals surface area contributed by atoms with Crippen molar-refractivity contribution in [2.75, 3.05) is 16.8 Å². The van der Waals surface area contributed by atoms with Crippen molar-refractivity contribution in [3.8, 4) is 0 Å². The summed E-state index contributed by atoms with van der Waals surface area (Å²) in [6, 6.07) is 1.26. The number of alkyl halides is 3. The number of nitrogens with zero attached hydrogens (tertiary/aromatic N) is 1.